The molecule has 1 saturated heterocycles. The van der Waals surface area contributed by atoms with Gasteiger partial charge in [0.25, 0.3) is 0 Å². The summed E-state index contributed by atoms with van der Waals surface area (Å²) in [6.45, 7) is 2.48. The molecule has 0 spiro atoms. The SMILES string of the molecule is CN1CCCC(NC2Cc3ccccc3C2)C1. The Bertz CT molecular complexity index is 363. The van der Waals surface area contributed by atoms with Crippen LogP contribution in [0.4, 0.5) is 0 Å². The van der Waals surface area contributed by atoms with Gasteiger partial charge in [0.15, 0.2) is 0 Å². The van der Waals surface area contributed by atoms with E-state index in [0.29, 0.717) is 12.1 Å². The van der Waals surface area contributed by atoms with Crippen LogP contribution in [0.25, 0.3) is 0 Å². The number of hydrogen-bond donors (Lipinski definition) is 1. The fraction of sp³-hybridized carbons (Fsp3) is 0.600. The molecular formula is C15H22N2. The van der Waals surface area contributed by atoms with Gasteiger partial charge in [-0.1, -0.05) is 24.3 Å². The number of likely N-dealkylation sites (tertiary alicyclic amines) is 1. The molecular weight excluding hydrogens is 208 g/mol. The number of likely N-dealkylation sites (N-methyl/N-ethyl adjacent to an activating group) is 1. The fourth-order valence-corrected chi connectivity index (χ4v) is 3.31. The van der Waals surface area contributed by atoms with Crippen LogP contribution in [0.15, 0.2) is 24.3 Å². The van der Waals surface area contributed by atoms with E-state index in [1.807, 2.05) is 0 Å². The van der Waals surface area contributed by atoms with Gasteiger partial charge in [0.1, 0.15) is 0 Å². The van der Waals surface area contributed by atoms with Crippen molar-refractivity contribution < 1.29 is 0 Å². The Balaban J connectivity index is 1.58. The molecule has 1 aliphatic carbocycles. The second kappa shape index (κ2) is 4.79. The lowest BCUT2D eigenvalue weighted by Crippen LogP contribution is -2.48. The van der Waals surface area contributed by atoms with E-state index in [1.165, 1.54) is 38.8 Å². The average Bonchev–Trinajstić information content (AvgIpc) is 2.71. The molecule has 1 heterocycles. The summed E-state index contributed by atoms with van der Waals surface area (Å²) in [5, 5.41) is 3.85. The number of nitrogens with zero attached hydrogens (tertiary/aromatic N) is 1. The molecule has 0 aromatic heterocycles. The third kappa shape index (κ3) is 2.53. The lowest BCUT2D eigenvalue weighted by Gasteiger charge is -2.32. The predicted molar refractivity (Wildman–Crippen MR) is 71.3 cm³/mol. The van der Waals surface area contributed by atoms with Crippen LogP contribution in [0, 0.1) is 0 Å². The maximum absolute atomic E-state index is 3.85. The molecule has 1 N–H and O–H groups in total. The van der Waals surface area contributed by atoms with Crippen LogP contribution in [0.2, 0.25) is 0 Å². The van der Waals surface area contributed by atoms with Crippen molar-refractivity contribution in [3.8, 4) is 0 Å². The first-order chi connectivity index (χ1) is 8.31. The second-order valence-electron chi connectivity index (χ2n) is 5.64. The molecule has 1 aromatic rings. The number of rotatable bonds is 2. The van der Waals surface area contributed by atoms with Gasteiger partial charge in [0.05, 0.1) is 0 Å². The summed E-state index contributed by atoms with van der Waals surface area (Å²) in [5.41, 5.74) is 3.10. The Labute approximate surface area is 104 Å². The summed E-state index contributed by atoms with van der Waals surface area (Å²) in [6.07, 6.45) is 5.12. The highest BCUT2D eigenvalue weighted by Crippen LogP contribution is 2.22. The highest BCUT2D eigenvalue weighted by molar-refractivity contribution is 5.33. The minimum absolute atomic E-state index is 0.670. The van der Waals surface area contributed by atoms with E-state index in [0.717, 1.165) is 0 Å². The molecule has 2 heteroatoms. The number of fused-ring (bicyclic) bond motifs is 1. The van der Waals surface area contributed by atoms with Crippen molar-refractivity contribution in [2.75, 3.05) is 20.1 Å². The van der Waals surface area contributed by atoms with Gasteiger partial charge in [-0.2, -0.15) is 0 Å². The summed E-state index contributed by atoms with van der Waals surface area (Å²) >= 11 is 0. The summed E-state index contributed by atoms with van der Waals surface area (Å²) in [4.78, 5) is 2.45. The second-order valence-corrected chi connectivity index (χ2v) is 5.64. The van der Waals surface area contributed by atoms with Crippen LogP contribution in [-0.2, 0) is 12.8 Å². The minimum Gasteiger partial charge on any atom is -0.309 e. The van der Waals surface area contributed by atoms with Crippen LogP contribution in [0.1, 0.15) is 24.0 Å². The number of hydrogen-bond acceptors (Lipinski definition) is 2. The first-order valence-electron chi connectivity index (χ1n) is 6.82. The highest BCUT2D eigenvalue weighted by atomic mass is 15.1. The summed E-state index contributed by atoms with van der Waals surface area (Å²) in [5.74, 6) is 0. The third-order valence-electron chi connectivity index (χ3n) is 4.15. The molecule has 1 unspecified atom stereocenters. The van der Waals surface area contributed by atoms with Crippen LogP contribution in [-0.4, -0.2) is 37.1 Å². The minimum atomic E-state index is 0.670. The maximum atomic E-state index is 3.85. The standard InChI is InChI=1S/C15H22N2/c1-17-8-4-7-14(11-17)16-15-9-12-5-2-3-6-13(12)10-15/h2-3,5-6,14-16H,4,7-11H2,1H3. The van der Waals surface area contributed by atoms with E-state index in [-0.39, 0.29) is 0 Å². The van der Waals surface area contributed by atoms with Crippen LogP contribution < -0.4 is 5.32 Å². The van der Waals surface area contributed by atoms with Gasteiger partial charge >= 0.3 is 0 Å². The first kappa shape index (κ1) is 11.2. The average molecular weight is 230 g/mol. The number of piperidine rings is 1. The summed E-state index contributed by atoms with van der Waals surface area (Å²) < 4.78 is 0. The zero-order chi connectivity index (χ0) is 11.7. The molecule has 0 saturated carbocycles. The zero-order valence-corrected chi connectivity index (χ0v) is 10.7. The summed E-state index contributed by atoms with van der Waals surface area (Å²) in [7, 11) is 2.23. The van der Waals surface area contributed by atoms with Crippen molar-refractivity contribution in [1.29, 1.82) is 0 Å². The molecule has 17 heavy (non-hydrogen) atoms. The van der Waals surface area contributed by atoms with Gasteiger partial charge in [0, 0.05) is 18.6 Å². The van der Waals surface area contributed by atoms with Gasteiger partial charge in [-0.25, -0.2) is 0 Å². The summed E-state index contributed by atoms with van der Waals surface area (Å²) in [6, 6.07) is 10.3. The first-order valence-corrected chi connectivity index (χ1v) is 6.82. The van der Waals surface area contributed by atoms with Crippen LogP contribution in [0.5, 0.6) is 0 Å². The van der Waals surface area contributed by atoms with E-state index in [2.05, 4.69) is 41.5 Å². The van der Waals surface area contributed by atoms with Gasteiger partial charge < -0.3 is 10.2 Å². The van der Waals surface area contributed by atoms with Crippen LogP contribution >= 0.6 is 0 Å². The molecule has 1 aliphatic heterocycles. The van der Waals surface area contributed by atoms with E-state index in [9.17, 15) is 0 Å². The monoisotopic (exact) mass is 230 g/mol. The third-order valence-corrected chi connectivity index (χ3v) is 4.15. The van der Waals surface area contributed by atoms with Gasteiger partial charge in [0.2, 0.25) is 0 Å². The molecule has 92 valence electrons. The van der Waals surface area contributed by atoms with Gasteiger partial charge in [-0.3, -0.25) is 0 Å². The lowest BCUT2D eigenvalue weighted by atomic mass is 10.0. The molecule has 2 aliphatic rings. The van der Waals surface area contributed by atoms with Crippen molar-refractivity contribution in [2.24, 2.45) is 0 Å². The molecule has 0 bridgehead atoms. The Morgan fingerprint density at radius 2 is 1.82 bits per heavy atom. The van der Waals surface area contributed by atoms with Crippen molar-refractivity contribution in [1.82, 2.24) is 10.2 Å². The van der Waals surface area contributed by atoms with E-state index < -0.39 is 0 Å². The van der Waals surface area contributed by atoms with E-state index >= 15 is 0 Å². The quantitative estimate of drug-likeness (QED) is 0.834. The lowest BCUT2D eigenvalue weighted by molar-refractivity contribution is 0.217. The van der Waals surface area contributed by atoms with Crippen molar-refractivity contribution in [2.45, 2.75) is 37.8 Å². The smallest absolute Gasteiger partial charge is 0.0198 e. The molecule has 1 atom stereocenters. The largest absolute Gasteiger partial charge is 0.309 e. The fourth-order valence-electron chi connectivity index (χ4n) is 3.31. The Morgan fingerprint density at radius 1 is 1.12 bits per heavy atom. The van der Waals surface area contributed by atoms with Crippen LogP contribution in [0.3, 0.4) is 0 Å². The molecule has 1 aromatic carbocycles. The molecule has 1 fully saturated rings. The predicted octanol–water partition coefficient (Wildman–Crippen LogP) is 1.84. The van der Waals surface area contributed by atoms with Crippen molar-refractivity contribution >= 4 is 0 Å². The van der Waals surface area contributed by atoms with E-state index in [4.69, 9.17) is 0 Å². The zero-order valence-electron chi connectivity index (χ0n) is 10.7. The molecule has 0 amide bonds. The topological polar surface area (TPSA) is 15.3 Å². The van der Waals surface area contributed by atoms with Gasteiger partial charge in [-0.05, 0) is 50.4 Å². The normalized spacial score (nSPS) is 26.1. The highest BCUT2D eigenvalue weighted by Gasteiger charge is 2.25. The Hall–Kier alpha value is -0.860. The van der Waals surface area contributed by atoms with Crippen molar-refractivity contribution in [3.05, 3.63) is 35.4 Å². The maximum Gasteiger partial charge on any atom is 0.0198 e. The van der Waals surface area contributed by atoms with Crippen molar-refractivity contribution in [3.63, 3.8) is 0 Å². The number of nitrogens with one attached hydrogen (secondary N) is 1. The van der Waals surface area contributed by atoms with E-state index in [1.54, 1.807) is 11.1 Å². The Morgan fingerprint density at radius 3 is 2.47 bits per heavy atom. The number of benzene rings is 1. The molecule has 3 rings (SSSR count). The molecule has 0 radical (unpaired) electrons. The Kier molecular flexibility index (Phi) is 3.17. The molecule has 2 nitrogen and oxygen atoms in total. The van der Waals surface area contributed by atoms with Gasteiger partial charge in [-0.15, -0.1) is 0 Å².